The molecule has 1 heterocycles. The number of hydrogen-bond acceptors (Lipinski definition) is 4. The van der Waals surface area contributed by atoms with Gasteiger partial charge >= 0.3 is 0 Å². The summed E-state index contributed by atoms with van der Waals surface area (Å²) >= 11 is 0. The molecule has 1 aliphatic rings. The Bertz CT molecular complexity index is 516. The van der Waals surface area contributed by atoms with E-state index in [-0.39, 0.29) is 11.9 Å². The molecule has 0 aromatic heterocycles. The van der Waals surface area contributed by atoms with Gasteiger partial charge in [-0.15, -0.1) is 0 Å². The molecule has 6 heteroatoms. The number of nitrogens with one attached hydrogen (secondary N) is 2. The van der Waals surface area contributed by atoms with Crippen molar-refractivity contribution >= 4 is 11.6 Å². The molecule has 0 aliphatic carbocycles. The van der Waals surface area contributed by atoms with Gasteiger partial charge in [0, 0.05) is 13.7 Å². The molecule has 0 bridgehead atoms. The van der Waals surface area contributed by atoms with Gasteiger partial charge in [0.05, 0.1) is 45.1 Å². The van der Waals surface area contributed by atoms with Crippen LogP contribution in [-0.2, 0) is 9.53 Å². The van der Waals surface area contributed by atoms with Crippen LogP contribution >= 0.6 is 0 Å². The largest absolute Gasteiger partial charge is 0.492 e. The highest BCUT2D eigenvalue weighted by molar-refractivity contribution is 5.79. The van der Waals surface area contributed by atoms with E-state index in [0.717, 1.165) is 37.6 Å². The quantitative estimate of drug-likeness (QED) is 0.653. The number of ether oxygens (including phenoxy) is 2. The van der Waals surface area contributed by atoms with Crippen molar-refractivity contribution in [2.45, 2.75) is 19.9 Å². The van der Waals surface area contributed by atoms with E-state index in [2.05, 4.69) is 16.3 Å². The maximum atomic E-state index is 12.2. The van der Waals surface area contributed by atoms with E-state index in [9.17, 15) is 4.79 Å². The van der Waals surface area contributed by atoms with E-state index in [4.69, 9.17) is 9.47 Å². The molecule has 0 unspecified atom stereocenters. The van der Waals surface area contributed by atoms with Gasteiger partial charge < -0.3 is 24.6 Å². The lowest BCUT2D eigenvalue weighted by molar-refractivity contribution is -0.914. The summed E-state index contributed by atoms with van der Waals surface area (Å²) < 4.78 is 10.7. The zero-order valence-electron chi connectivity index (χ0n) is 15.0. The van der Waals surface area contributed by atoms with Gasteiger partial charge in [0.2, 0.25) is 0 Å². The van der Waals surface area contributed by atoms with Crippen molar-refractivity contribution in [3.8, 4) is 5.75 Å². The molecule has 1 fully saturated rings. The first-order valence-corrected chi connectivity index (χ1v) is 8.75. The summed E-state index contributed by atoms with van der Waals surface area (Å²) in [6.07, 6.45) is 0. The van der Waals surface area contributed by atoms with Gasteiger partial charge in [-0.25, -0.2) is 0 Å². The van der Waals surface area contributed by atoms with Crippen molar-refractivity contribution < 1.29 is 19.2 Å². The van der Waals surface area contributed by atoms with Crippen molar-refractivity contribution in [1.82, 2.24) is 5.32 Å². The van der Waals surface area contributed by atoms with Crippen LogP contribution < -0.4 is 19.9 Å². The van der Waals surface area contributed by atoms with E-state index >= 15 is 0 Å². The van der Waals surface area contributed by atoms with E-state index in [1.807, 2.05) is 32.0 Å². The highest BCUT2D eigenvalue weighted by Gasteiger charge is 2.29. The first kappa shape index (κ1) is 18.5. The normalized spacial score (nSPS) is 16.7. The average Bonchev–Trinajstić information content (AvgIpc) is 2.62. The van der Waals surface area contributed by atoms with Crippen LogP contribution in [0.25, 0.3) is 0 Å². The van der Waals surface area contributed by atoms with Crippen LogP contribution in [0.15, 0.2) is 24.3 Å². The van der Waals surface area contributed by atoms with E-state index in [0.29, 0.717) is 19.8 Å². The summed E-state index contributed by atoms with van der Waals surface area (Å²) in [6, 6.07) is 8.14. The van der Waals surface area contributed by atoms with Crippen LogP contribution in [0.1, 0.15) is 13.8 Å². The van der Waals surface area contributed by atoms with Crippen LogP contribution in [0.3, 0.4) is 0 Å². The molecule has 2 rings (SSSR count). The Morgan fingerprint density at radius 3 is 2.71 bits per heavy atom. The molecule has 24 heavy (non-hydrogen) atoms. The molecule has 134 valence electrons. The minimum Gasteiger partial charge on any atom is -0.492 e. The Labute approximate surface area is 144 Å². The number of hydrogen-bond donors (Lipinski definition) is 2. The number of rotatable bonds is 8. The standard InChI is InChI=1S/C18H29N3O3/c1-4-24-17-8-6-5-7-16(17)21-12-10-20(11-13-21)15(2)18(22)19-9-14-23-3/h5-8,15H,4,9-14H2,1-3H3,(H,19,22)/p+1/t15-/m1/s1. The van der Waals surface area contributed by atoms with Gasteiger partial charge in [-0.05, 0) is 26.0 Å². The number of piperazine rings is 1. The third-order valence-corrected chi connectivity index (χ3v) is 4.52. The number of methoxy groups -OCH3 is 1. The fourth-order valence-corrected chi connectivity index (χ4v) is 3.08. The minimum atomic E-state index is -0.0360. The summed E-state index contributed by atoms with van der Waals surface area (Å²) in [5.41, 5.74) is 1.15. The van der Waals surface area contributed by atoms with E-state index < -0.39 is 0 Å². The predicted molar refractivity (Wildman–Crippen MR) is 94.9 cm³/mol. The number of carbonyl (C=O) groups excluding carboxylic acids is 1. The third kappa shape index (κ3) is 4.85. The maximum absolute atomic E-state index is 12.2. The lowest BCUT2D eigenvalue weighted by Crippen LogP contribution is -3.19. The van der Waals surface area contributed by atoms with Crippen molar-refractivity contribution in [2.24, 2.45) is 0 Å². The second kappa shape index (κ2) is 9.49. The average molecular weight is 336 g/mol. The van der Waals surface area contributed by atoms with Crippen LogP contribution in [0, 0.1) is 0 Å². The molecule has 0 saturated carbocycles. The van der Waals surface area contributed by atoms with Crippen molar-refractivity contribution in [1.29, 1.82) is 0 Å². The zero-order valence-corrected chi connectivity index (χ0v) is 15.0. The molecule has 0 radical (unpaired) electrons. The molecular weight excluding hydrogens is 306 g/mol. The Morgan fingerprint density at radius 1 is 1.33 bits per heavy atom. The summed E-state index contributed by atoms with van der Waals surface area (Å²) in [4.78, 5) is 15.9. The molecule has 6 nitrogen and oxygen atoms in total. The second-order valence-corrected chi connectivity index (χ2v) is 6.05. The number of benzene rings is 1. The van der Waals surface area contributed by atoms with Crippen molar-refractivity contribution in [2.75, 3.05) is 57.9 Å². The van der Waals surface area contributed by atoms with Gasteiger partial charge in [-0.3, -0.25) is 4.79 Å². The summed E-state index contributed by atoms with van der Waals surface area (Å²) in [5.74, 6) is 1.04. The Balaban J connectivity index is 1.88. The smallest absolute Gasteiger partial charge is 0.278 e. The molecule has 1 aromatic rings. The maximum Gasteiger partial charge on any atom is 0.278 e. The molecule has 2 N–H and O–H groups in total. The highest BCUT2D eigenvalue weighted by Crippen LogP contribution is 2.27. The van der Waals surface area contributed by atoms with Crippen molar-refractivity contribution in [3.63, 3.8) is 0 Å². The van der Waals surface area contributed by atoms with Crippen LogP contribution in [0.2, 0.25) is 0 Å². The molecule has 1 aromatic carbocycles. The Hall–Kier alpha value is -1.79. The summed E-state index contributed by atoms with van der Waals surface area (Å²) in [6.45, 7) is 9.53. The van der Waals surface area contributed by atoms with Crippen LogP contribution in [-0.4, -0.2) is 65.0 Å². The van der Waals surface area contributed by atoms with Crippen LogP contribution in [0.4, 0.5) is 5.69 Å². The van der Waals surface area contributed by atoms with Gasteiger partial charge in [0.15, 0.2) is 6.04 Å². The zero-order chi connectivity index (χ0) is 17.4. The van der Waals surface area contributed by atoms with Gasteiger partial charge in [-0.2, -0.15) is 0 Å². The van der Waals surface area contributed by atoms with Gasteiger partial charge in [0.25, 0.3) is 5.91 Å². The third-order valence-electron chi connectivity index (χ3n) is 4.52. The second-order valence-electron chi connectivity index (χ2n) is 6.05. The first-order valence-electron chi connectivity index (χ1n) is 8.75. The molecule has 1 amide bonds. The topological polar surface area (TPSA) is 55.2 Å². The molecule has 1 saturated heterocycles. The Kier molecular flexibility index (Phi) is 7.34. The highest BCUT2D eigenvalue weighted by atomic mass is 16.5. The summed E-state index contributed by atoms with van der Waals surface area (Å²) in [5, 5.41) is 2.93. The fraction of sp³-hybridized carbons (Fsp3) is 0.611. The van der Waals surface area contributed by atoms with E-state index in [1.165, 1.54) is 4.90 Å². The monoisotopic (exact) mass is 336 g/mol. The van der Waals surface area contributed by atoms with Gasteiger partial charge in [0.1, 0.15) is 5.75 Å². The molecule has 1 aliphatic heterocycles. The number of para-hydroxylation sites is 2. The lowest BCUT2D eigenvalue weighted by atomic mass is 10.2. The number of quaternary nitrogens is 1. The number of carbonyl (C=O) groups is 1. The number of anilines is 1. The molecule has 0 spiro atoms. The van der Waals surface area contributed by atoms with Crippen LogP contribution in [0.5, 0.6) is 5.75 Å². The SMILES string of the molecule is CCOc1ccccc1N1CC[NH+]([C@H](C)C(=O)NCCOC)CC1. The Morgan fingerprint density at radius 2 is 2.04 bits per heavy atom. The minimum absolute atomic E-state index is 0.0360. The summed E-state index contributed by atoms with van der Waals surface area (Å²) in [7, 11) is 1.64. The van der Waals surface area contributed by atoms with Crippen molar-refractivity contribution in [3.05, 3.63) is 24.3 Å². The van der Waals surface area contributed by atoms with E-state index in [1.54, 1.807) is 7.11 Å². The fourth-order valence-electron chi connectivity index (χ4n) is 3.08. The predicted octanol–water partition coefficient (Wildman–Crippen LogP) is -0.0587. The first-order chi connectivity index (χ1) is 11.7. The number of nitrogens with zero attached hydrogens (tertiary/aromatic N) is 1. The molecule has 1 atom stereocenters. The van der Waals surface area contributed by atoms with Gasteiger partial charge in [-0.1, -0.05) is 12.1 Å². The lowest BCUT2D eigenvalue weighted by Gasteiger charge is -2.36. The number of amides is 1. The molecular formula is C18H30N3O3+.